The number of carbonyl (C=O) groups excluding carboxylic acids is 1. The molecule has 5 nitrogen and oxygen atoms in total. The lowest BCUT2D eigenvalue weighted by molar-refractivity contribution is -0.132. The molecule has 1 heterocycles. The summed E-state index contributed by atoms with van der Waals surface area (Å²) < 4.78 is 0. The SMILES string of the molecule is CC(C)[C@H](C#N)N1CCN(C(=O)CN[C@H](C)C(C)(C)C)CC1. The van der Waals surface area contributed by atoms with Crippen molar-refractivity contribution in [3.05, 3.63) is 0 Å². The van der Waals surface area contributed by atoms with Crippen LogP contribution < -0.4 is 5.32 Å². The van der Waals surface area contributed by atoms with Gasteiger partial charge in [0.1, 0.15) is 6.04 Å². The van der Waals surface area contributed by atoms with E-state index in [4.69, 9.17) is 0 Å². The number of piperazine rings is 1. The lowest BCUT2D eigenvalue weighted by atomic mass is 9.88. The lowest BCUT2D eigenvalue weighted by Crippen LogP contribution is -2.54. The van der Waals surface area contributed by atoms with E-state index < -0.39 is 0 Å². The van der Waals surface area contributed by atoms with Crippen LogP contribution in [0.25, 0.3) is 0 Å². The molecule has 5 heteroatoms. The summed E-state index contributed by atoms with van der Waals surface area (Å²) in [7, 11) is 0. The minimum absolute atomic E-state index is 0.0451. The molecule has 1 saturated heterocycles. The van der Waals surface area contributed by atoms with Crippen LogP contribution in [-0.4, -0.2) is 60.5 Å². The molecule has 0 aromatic heterocycles. The summed E-state index contributed by atoms with van der Waals surface area (Å²) in [5.74, 6) is 0.482. The maximum absolute atomic E-state index is 12.3. The molecule has 0 aromatic carbocycles. The Morgan fingerprint density at radius 3 is 2.14 bits per heavy atom. The molecule has 1 amide bonds. The normalized spacial score (nSPS) is 19.8. The van der Waals surface area contributed by atoms with Crippen LogP contribution >= 0.6 is 0 Å². The maximum Gasteiger partial charge on any atom is 0.236 e. The van der Waals surface area contributed by atoms with Gasteiger partial charge in [0.15, 0.2) is 0 Å². The topological polar surface area (TPSA) is 59.4 Å². The standard InChI is InChI=1S/C17H32N4O/c1-13(2)15(11-18)20-7-9-21(10-8-20)16(22)12-19-14(3)17(4,5)6/h13-15,19H,7-10,12H2,1-6H3/t14-,15+/m1/s1. The van der Waals surface area contributed by atoms with Gasteiger partial charge in [0.25, 0.3) is 0 Å². The largest absolute Gasteiger partial charge is 0.339 e. The Balaban J connectivity index is 2.42. The highest BCUT2D eigenvalue weighted by Gasteiger charge is 2.28. The fourth-order valence-electron chi connectivity index (χ4n) is 2.56. The summed E-state index contributed by atoms with van der Waals surface area (Å²) in [6.07, 6.45) is 0. The van der Waals surface area contributed by atoms with E-state index in [1.807, 2.05) is 4.90 Å². The van der Waals surface area contributed by atoms with Gasteiger partial charge in [0.2, 0.25) is 5.91 Å². The van der Waals surface area contributed by atoms with Crippen molar-refractivity contribution in [2.45, 2.75) is 53.6 Å². The third-order valence-electron chi connectivity index (χ3n) is 4.68. The molecular formula is C17H32N4O. The predicted octanol–water partition coefficient (Wildman–Crippen LogP) is 1.70. The zero-order chi connectivity index (χ0) is 16.9. The number of nitrogens with zero attached hydrogens (tertiary/aromatic N) is 3. The van der Waals surface area contributed by atoms with Crippen molar-refractivity contribution >= 4 is 5.91 Å². The number of rotatable bonds is 5. The molecular weight excluding hydrogens is 276 g/mol. The number of carbonyl (C=O) groups is 1. The number of nitrogens with one attached hydrogen (secondary N) is 1. The summed E-state index contributed by atoms with van der Waals surface area (Å²) in [6, 6.07) is 2.63. The summed E-state index contributed by atoms with van der Waals surface area (Å²) in [6.45, 7) is 16.2. The fraction of sp³-hybridized carbons (Fsp3) is 0.882. The Hall–Kier alpha value is -1.12. The molecule has 0 aromatic rings. The quantitative estimate of drug-likeness (QED) is 0.840. The van der Waals surface area contributed by atoms with E-state index in [0.29, 0.717) is 18.5 Å². The van der Waals surface area contributed by atoms with Gasteiger partial charge in [0.05, 0.1) is 12.6 Å². The molecule has 0 radical (unpaired) electrons. The van der Waals surface area contributed by atoms with Crippen LogP contribution in [0.3, 0.4) is 0 Å². The van der Waals surface area contributed by atoms with Crippen molar-refractivity contribution in [1.29, 1.82) is 5.26 Å². The van der Waals surface area contributed by atoms with Crippen LogP contribution in [-0.2, 0) is 4.79 Å². The van der Waals surface area contributed by atoms with Gasteiger partial charge in [-0.15, -0.1) is 0 Å². The summed E-state index contributed by atoms with van der Waals surface area (Å²) >= 11 is 0. The minimum Gasteiger partial charge on any atom is -0.339 e. The molecule has 126 valence electrons. The monoisotopic (exact) mass is 308 g/mol. The van der Waals surface area contributed by atoms with E-state index in [-0.39, 0.29) is 17.4 Å². The van der Waals surface area contributed by atoms with Gasteiger partial charge < -0.3 is 10.2 Å². The number of hydrogen-bond donors (Lipinski definition) is 1. The van der Waals surface area contributed by atoms with Crippen LogP contribution in [0, 0.1) is 22.7 Å². The molecule has 2 atom stereocenters. The summed E-state index contributed by atoms with van der Waals surface area (Å²) in [5, 5.41) is 12.6. The van der Waals surface area contributed by atoms with E-state index in [9.17, 15) is 10.1 Å². The molecule has 1 rings (SSSR count). The van der Waals surface area contributed by atoms with Crippen molar-refractivity contribution in [2.24, 2.45) is 11.3 Å². The number of nitriles is 1. The van der Waals surface area contributed by atoms with Gasteiger partial charge in [-0.1, -0.05) is 34.6 Å². The number of amides is 1. The van der Waals surface area contributed by atoms with Gasteiger partial charge >= 0.3 is 0 Å². The first kappa shape index (κ1) is 18.9. The first-order chi connectivity index (χ1) is 10.2. The second kappa shape index (κ2) is 7.94. The molecule has 1 fully saturated rings. The smallest absolute Gasteiger partial charge is 0.236 e. The van der Waals surface area contributed by atoms with E-state index in [0.717, 1.165) is 26.2 Å². The molecule has 1 aliphatic rings. The van der Waals surface area contributed by atoms with Crippen LogP contribution in [0.15, 0.2) is 0 Å². The zero-order valence-corrected chi connectivity index (χ0v) is 15.0. The van der Waals surface area contributed by atoms with Gasteiger partial charge in [-0.25, -0.2) is 0 Å². The third-order valence-corrected chi connectivity index (χ3v) is 4.68. The van der Waals surface area contributed by atoms with E-state index >= 15 is 0 Å². The molecule has 1 aliphatic heterocycles. The summed E-state index contributed by atoms with van der Waals surface area (Å²) in [4.78, 5) is 16.4. The van der Waals surface area contributed by atoms with Gasteiger partial charge in [-0.05, 0) is 18.3 Å². The maximum atomic E-state index is 12.3. The van der Waals surface area contributed by atoms with Crippen molar-refractivity contribution in [3.63, 3.8) is 0 Å². The highest BCUT2D eigenvalue weighted by atomic mass is 16.2. The Morgan fingerprint density at radius 2 is 1.73 bits per heavy atom. The molecule has 0 aliphatic carbocycles. The van der Waals surface area contributed by atoms with Crippen LogP contribution in [0.2, 0.25) is 0 Å². The van der Waals surface area contributed by atoms with E-state index in [1.165, 1.54) is 0 Å². The highest BCUT2D eigenvalue weighted by Crippen LogP contribution is 2.18. The van der Waals surface area contributed by atoms with Crippen molar-refractivity contribution in [3.8, 4) is 6.07 Å². The Kier molecular flexibility index (Phi) is 6.83. The van der Waals surface area contributed by atoms with Crippen molar-refractivity contribution in [2.75, 3.05) is 32.7 Å². The molecule has 1 N–H and O–H groups in total. The highest BCUT2D eigenvalue weighted by molar-refractivity contribution is 5.78. The lowest BCUT2D eigenvalue weighted by Gasteiger charge is -2.38. The van der Waals surface area contributed by atoms with Crippen LogP contribution in [0.1, 0.15) is 41.5 Å². The Bertz CT molecular complexity index is 400. The average molecular weight is 308 g/mol. The molecule has 0 unspecified atom stereocenters. The molecule has 0 spiro atoms. The second-order valence-electron chi connectivity index (χ2n) is 7.70. The van der Waals surface area contributed by atoms with E-state index in [2.05, 4.69) is 57.8 Å². The van der Waals surface area contributed by atoms with Crippen molar-refractivity contribution in [1.82, 2.24) is 15.1 Å². The Labute approximate surface area is 135 Å². The summed E-state index contributed by atoms with van der Waals surface area (Å²) in [5.41, 5.74) is 0.149. The van der Waals surface area contributed by atoms with E-state index in [1.54, 1.807) is 0 Å². The average Bonchev–Trinajstić information content (AvgIpc) is 2.44. The fourth-order valence-corrected chi connectivity index (χ4v) is 2.56. The molecule has 22 heavy (non-hydrogen) atoms. The van der Waals surface area contributed by atoms with Gasteiger partial charge in [-0.3, -0.25) is 9.69 Å². The first-order valence-corrected chi connectivity index (χ1v) is 8.31. The minimum atomic E-state index is -0.0451. The predicted molar refractivity (Wildman–Crippen MR) is 89.3 cm³/mol. The first-order valence-electron chi connectivity index (χ1n) is 8.31. The van der Waals surface area contributed by atoms with Crippen molar-refractivity contribution < 1.29 is 4.79 Å². The van der Waals surface area contributed by atoms with Crippen LogP contribution in [0.5, 0.6) is 0 Å². The third kappa shape index (κ3) is 5.26. The van der Waals surface area contributed by atoms with Crippen LogP contribution in [0.4, 0.5) is 0 Å². The van der Waals surface area contributed by atoms with Gasteiger partial charge in [0, 0.05) is 32.2 Å². The Morgan fingerprint density at radius 1 is 1.18 bits per heavy atom. The van der Waals surface area contributed by atoms with Gasteiger partial charge in [-0.2, -0.15) is 5.26 Å². The zero-order valence-electron chi connectivity index (χ0n) is 15.0. The number of hydrogen-bond acceptors (Lipinski definition) is 4. The molecule has 0 bridgehead atoms. The molecule has 0 saturated carbocycles. The second-order valence-corrected chi connectivity index (χ2v) is 7.70.